The number of aryl methyl sites for hydroxylation is 2. The lowest BCUT2D eigenvalue weighted by molar-refractivity contribution is 0.0137. The normalized spacial score (nSPS) is 15.3. The van der Waals surface area contributed by atoms with Gasteiger partial charge in [0.15, 0.2) is 14.9 Å². The number of nitrogens with zero attached hydrogens (tertiary/aromatic N) is 4. The zero-order valence-electron chi connectivity index (χ0n) is 16.7. The van der Waals surface area contributed by atoms with Gasteiger partial charge in [-0.25, -0.2) is 13.4 Å². The highest BCUT2D eigenvalue weighted by atomic mass is 32.2. The summed E-state index contributed by atoms with van der Waals surface area (Å²) in [5.74, 6) is 0.827. The molecule has 0 N–H and O–H groups in total. The summed E-state index contributed by atoms with van der Waals surface area (Å²) < 4.78 is 31.0. The van der Waals surface area contributed by atoms with Crippen molar-refractivity contribution in [3.05, 3.63) is 60.0 Å². The Morgan fingerprint density at radius 1 is 1.10 bits per heavy atom. The molecular weight excluding hydrogens is 388 g/mol. The van der Waals surface area contributed by atoms with Crippen LogP contribution in [0.4, 0.5) is 0 Å². The maximum absolute atomic E-state index is 11.5. The van der Waals surface area contributed by atoms with E-state index < -0.39 is 9.84 Å². The number of aromatic nitrogens is 3. The highest BCUT2D eigenvalue weighted by Crippen LogP contribution is 2.25. The molecule has 1 aliphatic rings. The van der Waals surface area contributed by atoms with Crippen molar-refractivity contribution in [2.75, 3.05) is 19.3 Å². The Kier molecular flexibility index (Phi) is 5.14. The number of hydrogen-bond donors (Lipinski definition) is 0. The van der Waals surface area contributed by atoms with Gasteiger partial charge in [0, 0.05) is 50.4 Å². The third-order valence-electron chi connectivity index (χ3n) is 5.08. The molecule has 0 amide bonds. The lowest BCUT2D eigenvalue weighted by Gasteiger charge is -2.38. The van der Waals surface area contributed by atoms with Gasteiger partial charge in [-0.1, -0.05) is 12.1 Å². The topological polar surface area (TPSA) is 77.3 Å². The van der Waals surface area contributed by atoms with Crippen LogP contribution in [0, 0.1) is 6.92 Å². The summed E-state index contributed by atoms with van der Waals surface area (Å²) in [6.07, 6.45) is 2.91. The number of sulfone groups is 1. The molecule has 0 unspecified atom stereocenters. The highest BCUT2D eigenvalue weighted by molar-refractivity contribution is 7.90. The number of rotatable bonds is 6. The van der Waals surface area contributed by atoms with E-state index in [4.69, 9.17) is 4.74 Å². The predicted octanol–water partition coefficient (Wildman–Crippen LogP) is 2.46. The van der Waals surface area contributed by atoms with E-state index in [1.807, 2.05) is 36.0 Å². The maximum atomic E-state index is 11.5. The van der Waals surface area contributed by atoms with E-state index in [1.165, 1.54) is 6.07 Å². The van der Waals surface area contributed by atoms with Crippen molar-refractivity contribution in [1.82, 2.24) is 19.7 Å². The number of benzene rings is 1. The molecule has 0 bridgehead atoms. The van der Waals surface area contributed by atoms with Crippen molar-refractivity contribution in [3.8, 4) is 16.9 Å². The number of ether oxygens (including phenoxy) is 1. The second kappa shape index (κ2) is 7.61. The molecule has 0 spiro atoms. The molecule has 0 aliphatic carbocycles. The van der Waals surface area contributed by atoms with Gasteiger partial charge in [-0.15, -0.1) is 0 Å². The van der Waals surface area contributed by atoms with Crippen LogP contribution in [-0.2, 0) is 23.4 Å². The van der Waals surface area contributed by atoms with E-state index in [2.05, 4.69) is 28.0 Å². The Balaban J connectivity index is 1.31. The van der Waals surface area contributed by atoms with Gasteiger partial charge in [-0.2, -0.15) is 5.10 Å². The van der Waals surface area contributed by atoms with Crippen LogP contribution in [0.3, 0.4) is 0 Å². The molecule has 0 atom stereocenters. The maximum Gasteiger partial charge on any atom is 0.192 e. The molecule has 4 rings (SSSR count). The molecule has 3 aromatic rings. The van der Waals surface area contributed by atoms with E-state index >= 15 is 0 Å². The molecule has 0 saturated carbocycles. The van der Waals surface area contributed by atoms with Crippen LogP contribution in [0.2, 0.25) is 0 Å². The summed E-state index contributed by atoms with van der Waals surface area (Å²) in [7, 11) is -1.33. The quantitative estimate of drug-likeness (QED) is 0.619. The monoisotopic (exact) mass is 412 g/mol. The first-order chi connectivity index (χ1) is 13.8. The molecule has 1 saturated heterocycles. The molecule has 29 heavy (non-hydrogen) atoms. The van der Waals surface area contributed by atoms with Crippen LogP contribution >= 0.6 is 0 Å². The van der Waals surface area contributed by atoms with Gasteiger partial charge in [0.2, 0.25) is 0 Å². The summed E-state index contributed by atoms with van der Waals surface area (Å²) in [6.45, 7) is 4.66. The van der Waals surface area contributed by atoms with Gasteiger partial charge in [-0.3, -0.25) is 9.58 Å². The second-order valence-corrected chi connectivity index (χ2v) is 9.48. The average Bonchev–Trinajstić information content (AvgIpc) is 2.97. The van der Waals surface area contributed by atoms with Crippen LogP contribution in [0.5, 0.6) is 5.75 Å². The number of likely N-dealkylation sites (tertiary alicyclic amines) is 1. The highest BCUT2D eigenvalue weighted by Gasteiger charge is 2.29. The molecule has 1 fully saturated rings. The first-order valence-corrected chi connectivity index (χ1v) is 11.3. The summed E-state index contributed by atoms with van der Waals surface area (Å²) >= 11 is 0. The second-order valence-electron chi connectivity index (χ2n) is 7.52. The van der Waals surface area contributed by atoms with E-state index in [0.29, 0.717) is 0 Å². The van der Waals surface area contributed by atoms with Crippen molar-refractivity contribution in [2.24, 2.45) is 7.05 Å². The minimum atomic E-state index is -3.28. The van der Waals surface area contributed by atoms with E-state index in [1.54, 1.807) is 12.3 Å². The smallest absolute Gasteiger partial charge is 0.192 e. The Morgan fingerprint density at radius 2 is 1.79 bits per heavy atom. The SMILES string of the molecule is Cc1cc(CN2CC(Oc3ccc(-c4ccc(S(C)(=O)=O)nc4)cc3)C2)nn1C. The molecule has 1 aromatic carbocycles. The number of pyridine rings is 1. The first-order valence-electron chi connectivity index (χ1n) is 9.43. The summed E-state index contributed by atoms with van der Waals surface area (Å²) in [5, 5.41) is 4.57. The molecule has 3 heterocycles. The largest absolute Gasteiger partial charge is 0.488 e. The molecule has 0 radical (unpaired) electrons. The van der Waals surface area contributed by atoms with Crippen molar-refractivity contribution < 1.29 is 13.2 Å². The number of hydrogen-bond acceptors (Lipinski definition) is 6. The van der Waals surface area contributed by atoms with Crippen molar-refractivity contribution >= 4 is 9.84 Å². The fourth-order valence-corrected chi connectivity index (χ4v) is 3.92. The van der Waals surface area contributed by atoms with Crippen LogP contribution in [0.25, 0.3) is 11.1 Å². The fraction of sp³-hybridized carbons (Fsp3) is 0.333. The molecule has 1 aliphatic heterocycles. The van der Waals surface area contributed by atoms with Crippen LogP contribution in [0.15, 0.2) is 53.7 Å². The lowest BCUT2D eigenvalue weighted by atomic mass is 10.1. The molecule has 152 valence electrons. The Labute approximate surface area is 170 Å². The molecular formula is C21H24N4O3S. The van der Waals surface area contributed by atoms with Crippen LogP contribution < -0.4 is 4.74 Å². The average molecular weight is 413 g/mol. The van der Waals surface area contributed by atoms with E-state index in [0.717, 1.165) is 54.2 Å². The van der Waals surface area contributed by atoms with Crippen molar-refractivity contribution in [2.45, 2.75) is 24.6 Å². The van der Waals surface area contributed by atoms with Gasteiger partial charge < -0.3 is 4.74 Å². The first kappa shape index (κ1) is 19.6. The zero-order chi connectivity index (χ0) is 20.6. The summed E-state index contributed by atoms with van der Waals surface area (Å²) in [6, 6.07) is 13.2. The van der Waals surface area contributed by atoms with Gasteiger partial charge in [0.05, 0.1) is 5.69 Å². The Morgan fingerprint density at radius 3 is 2.34 bits per heavy atom. The van der Waals surface area contributed by atoms with Gasteiger partial charge in [0.25, 0.3) is 0 Å². The minimum absolute atomic E-state index is 0.0802. The minimum Gasteiger partial charge on any atom is -0.488 e. The van der Waals surface area contributed by atoms with Crippen LogP contribution in [0.1, 0.15) is 11.4 Å². The van der Waals surface area contributed by atoms with Crippen molar-refractivity contribution in [1.29, 1.82) is 0 Å². The zero-order valence-corrected chi connectivity index (χ0v) is 17.6. The summed E-state index contributed by atoms with van der Waals surface area (Å²) in [5.41, 5.74) is 4.08. The Hall–Kier alpha value is -2.71. The lowest BCUT2D eigenvalue weighted by Crippen LogP contribution is -2.53. The van der Waals surface area contributed by atoms with Crippen LogP contribution in [-0.4, -0.2) is 53.5 Å². The van der Waals surface area contributed by atoms with E-state index in [-0.39, 0.29) is 11.1 Å². The fourth-order valence-electron chi connectivity index (χ4n) is 3.36. The Bertz CT molecular complexity index is 1080. The predicted molar refractivity (Wildman–Crippen MR) is 110 cm³/mol. The summed E-state index contributed by atoms with van der Waals surface area (Å²) in [4.78, 5) is 6.35. The van der Waals surface area contributed by atoms with Gasteiger partial charge >= 0.3 is 0 Å². The third kappa shape index (κ3) is 4.49. The standard InChI is InChI=1S/C21H24N4O3S/c1-15-10-18(23-24(15)2)12-25-13-20(14-25)28-19-7-4-16(5-8-19)17-6-9-21(22-11-17)29(3,26)27/h4-11,20H,12-14H2,1-3H3. The molecule has 8 heteroatoms. The molecule has 7 nitrogen and oxygen atoms in total. The van der Waals surface area contributed by atoms with E-state index in [9.17, 15) is 8.42 Å². The van der Waals surface area contributed by atoms with Gasteiger partial charge in [0.1, 0.15) is 11.9 Å². The molecule has 2 aromatic heterocycles. The van der Waals surface area contributed by atoms with Crippen molar-refractivity contribution in [3.63, 3.8) is 0 Å². The van der Waals surface area contributed by atoms with Gasteiger partial charge in [-0.05, 0) is 42.8 Å². The third-order valence-corrected chi connectivity index (χ3v) is 6.08.